The number of fused-ring (bicyclic) bond motifs is 3. The van der Waals surface area contributed by atoms with E-state index in [1.165, 1.54) is 22.4 Å². The molecule has 2 aliphatic heterocycles. The maximum absolute atomic E-state index is 6.13. The molecule has 0 spiro atoms. The fraction of sp³-hybridized carbons (Fsp3) is 0.310. The van der Waals surface area contributed by atoms with Crippen molar-refractivity contribution in [3.63, 3.8) is 0 Å². The third kappa shape index (κ3) is 4.47. The molecule has 6 rings (SSSR count). The number of aryl methyl sites for hydroxylation is 2. The molecule has 6 nitrogen and oxygen atoms in total. The lowest BCUT2D eigenvalue weighted by molar-refractivity contribution is 0.313. The number of hydrogen-bond acceptors (Lipinski definition) is 5. The van der Waals surface area contributed by atoms with Crippen molar-refractivity contribution in [2.24, 2.45) is 0 Å². The second kappa shape index (κ2) is 9.60. The maximum atomic E-state index is 6.13. The monoisotopic (exact) mass is 498 g/mol. The van der Waals surface area contributed by atoms with Crippen LogP contribution < -0.4 is 10.2 Å². The number of anilines is 2. The van der Waals surface area contributed by atoms with Gasteiger partial charge in [0.1, 0.15) is 11.6 Å². The van der Waals surface area contributed by atoms with Crippen LogP contribution in [0.15, 0.2) is 66.7 Å². The van der Waals surface area contributed by atoms with Gasteiger partial charge in [-0.2, -0.15) is 0 Å². The van der Waals surface area contributed by atoms with Gasteiger partial charge in [0, 0.05) is 49.0 Å². The van der Waals surface area contributed by atoms with Crippen LogP contribution in [0, 0.1) is 6.92 Å². The predicted octanol–water partition coefficient (Wildman–Crippen LogP) is 5.75. The second-order valence-corrected chi connectivity index (χ2v) is 10.3. The summed E-state index contributed by atoms with van der Waals surface area (Å²) >= 11 is 6.13. The molecule has 0 saturated carbocycles. The van der Waals surface area contributed by atoms with Gasteiger partial charge in [0.25, 0.3) is 0 Å². The standard InChI is InChI=1S/C29H31ClN6/c1-20-32-33-29-14-12-27(31-24-8-6-23(30)7-9-24)26-19-22(5-13-28(26)36(20)29)21-3-10-25(11-4-21)35-17-15-34(2)16-18-35/h3-11,13,19,27,31H,12,14-18H2,1-2H3. The Balaban J connectivity index is 1.35. The van der Waals surface area contributed by atoms with Crippen molar-refractivity contribution in [2.45, 2.75) is 25.8 Å². The summed E-state index contributed by atoms with van der Waals surface area (Å²) in [5.41, 5.74) is 7.21. The van der Waals surface area contributed by atoms with Crippen molar-refractivity contribution < 1.29 is 0 Å². The number of nitrogens with one attached hydrogen (secondary N) is 1. The van der Waals surface area contributed by atoms with Crippen LogP contribution in [-0.2, 0) is 6.42 Å². The van der Waals surface area contributed by atoms with Crippen LogP contribution >= 0.6 is 11.6 Å². The smallest absolute Gasteiger partial charge is 0.137 e. The largest absolute Gasteiger partial charge is 0.378 e. The summed E-state index contributed by atoms with van der Waals surface area (Å²) in [6.45, 7) is 6.40. The van der Waals surface area contributed by atoms with Crippen LogP contribution in [0.4, 0.5) is 11.4 Å². The Labute approximate surface area is 217 Å². The van der Waals surface area contributed by atoms with E-state index < -0.39 is 0 Å². The van der Waals surface area contributed by atoms with E-state index in [0.29, 0.717) is 0 Å². The molecule has 7 heteroatoms. The van der Waals surface area contributed by atoms with Gasteiger partial charge < -0.3 is 15.1 Å². The molecule has 0 bridgehead atoms. The van der Waals surface area contributed by atoms with E-state index in [-0.39, 0.29) is 6.04 Å². The molecule has 1 unspecified atom stereocenters. The van der Waals surface area contributed by atoms with Crippen molar-refractivity contribution in [1.82, 2.24) is 19.7 Å². The lowest BCUT2D eigenvalue weighted by Gasteiger charge is -2.34. The molecule has 36 heavy (non-hydrogen) atoms. The van der Waals surface area contributed by atoms with Gasteiger partial charge in [-0.25, -0.2) is 0 Å². The van der Waals surface area contributed by atoms with E-state index in [9.17, 15) is 0 Å². The van der Waals surface area contributed by atoms with Gasteiger partial charge in [0.05, 0.1) is 11.7 Å². The zero-order chi connectivity index (χ0) is 24.6. The molecule has 3 aromatic carbocycles. The van der Waals surface area contributed by atoms with E-state index in [1.54, 1.807) is 0 Å². The molecule has 3 heterocycles. The molecule has 1 N–H and O–H groups in total. The van der Waals surface area contributed by atoms with Gasteiger partial charge in [-0.3, -0.25) is 4.57 Å². The Morgan fingerprint density at radius 1 is 0.861 bits per heavy atom. The zero-order valence-electron chi connectivity index (χ0n) is 20.8. The van der Waals surface area contributed by atoms with Crippen LogP contribution in [0.1, 0.15) is 29.7 Å². The Morgan fingerprint density at radius 3 is 2.33 bits per heavy atom. The number of hydrogen-bond donors (Lipinski definition) is 1. The quantitative estimate of drug-likeness (QED) is 0.388. The Bertz CT molecular complexity index is 1350. The minimum atomic E-state index is 0.145. The fourth-order valence-electron chi connectivity index (χ4n) is 5.35. The van der Waals surface area contributed by atoms with Crippen molar-refractivity contribution in [3.8, 4) is 16.8 Å². The average molecular weight is 499 g/mol. The summed E-state index contributed by atoms with van der Waals surface area (Å²) in [6.07, 6.45) is 1.79. The summed E-state index contributed by atoms with van der Waals surface area (Å²) in [5.74, 6) is 1.93. The predicted molar refractivity (Wildman–Crippen MR) is 147 cm³/mol. The molecule has 2 aliphatic rings. The molecular formula is C29H31ClN6. The number of piperazine rings is 1. The fourth-order valence-corrected chi connectivity index (χ4v) is 5.48. The number of benzene rings is 3. The lowest BCUT2D eigenvalue weighted by atomic mass is 9.95. The summed E-state index contributed by atoms with van der Waals surface area (Å²) in [6, 6.07) is 23.9. The number of likely N-dealkylation sites (N-methyl/N-ethyl adjacent to an activating group) is 1. The highest BCUT2D eigenvalue weighted by atomic mass is 35.5. The molecule has 1 saturated heterocycles. The minimum absolute atomic E-state index is 0.145. The number of halogens is 1. The molecule has 4 aromatic rings. The normalized spacial score (nSPS) is 17.9. The topological polar surface area (TPSA) is 49.2 Å². The first kappa shape index (κ1) is 23.1. The summed E-state index contributed by atoms with van der Waals surface area (Å²) < 4.78 is 2.21. The van der Waals surface area contributed by atoms with Gasteiger partial charge in [-0.05, 0) is 85.6 Å². The van der Waals surface area contributed by atoms with Crippen LogP contribution in [-0.4, -0.2) is 52.9 Å². The Morgan fingerprint density at radius 2 is 1.58 bits per heavy atom. The first-order valence-corrected chi connectivity index (χ1v) is 13.0. The highest BCUT2D eigenvalue weighted by Crippen LogP contribution is 2.36. The molecule has 0 aliphatic carbocycles. The van der Waals surface area contributed by atoms with Crippen molar-refractivity contribution >= 4 is 23.0 Å². The molecule has 184 valence electrons. The van der Waals surface area contributed by atoms with Crippen molar-refractivity contribution in [2.75, 3.05) is 43.4 Å². The first-order valence-electron chi connectivity index (χ1n) is 12.7. The summed E-state index contributed by atoms with van der Waals surface area (Å²) in [5, 5.41) is 13.3. The number of aromatic nitrogens is 3. The van der Waals surface area contributed by atoms with Crippen LogP contribution in [0.2, 0.25) is 5.02 Å². The van der Waals surface area contributed by atoms with Gasteiger partial charge in [0.15, 0.2) is 0 Å². The Hall–Kier alpha value is -3.35. The SMILES string of the molecule is Cc1nnc2n1-c1ccc(-c3ccc(N4CCN(C)CC4)cc3)cc1C(Nc1ccc(Cl)cc1)CC2. The average Bonchev–Trinajstić information content (AvgIpc) is 3.20. The van der Waals surface area contributed by atoms with Gasteiger partial charge in [-0.15, -0.1) is 10.2 Å². The number of rotatable bonds is 4. The summed E-state index contributed by atoms with van der Waals surface area (Å²) in [7, 11) is 2.19. The summed E-state index contributed by atoms with van der Waals surface area (Å²) in [4.78, 5) is 4.86. The van der Waals surface area contributed by atoms with Crippen molar-refractivity contribution in [3.05, 3.63) is 89.0 Å². The third-order valence-corrected chi connectivity index (χ3v) is 7.70. The molecule has 1 aromatic heterocycles. The highest BCUT2D eigenvalue weighted by Gasteiger charge is 2.25. The zero-order valence-corrected chi connectivity index (χ0v) is 21.5. The van der Waals surface area contributed by atoms with Gasteiger partial charge in [0.2, 0.25) is 0 Å². The minimum Gasteiger partial charge on any atom is -0.378 e. The lowest BCUT2D eigenvalue weighted by Crippen LogP contribution is -2.44. The maximum Gasteiger partial charge on any atom is 0.137 e. The van der Waals surface area contributed by atoms with E-state index in [2.05, 4.69) is 79.4 Å². The molecule has 0 radical (unpaired) electrons. The van der Waals surface area contributed by atoms with Gasteiger partial charge in [-0.1, -0.05) is 29.8 Å². The van der Waals surface area contributed by atoms with Crippen LogP contribution in [0.25, 0.3) is 16.8 Å². The van der Waals surface area contributed by atoms with Gasteiger partial charge >= 0.3 is 0 Å². The molecule has 1 fully saturated rings. The molecule has 0 amide bonds. The molecule has 1 atom stereocenters. The van der Waals surface area contributed by atoms with Crippen LogP contribution in [0.3, 0.4) is 0 Å². The van der Waals surface area contributed by atoms with E-state index >= 15 is 0 Å². The Kier molecular flexibility index (Phi) is 6.15. The van der Waals surface area contributed by atoms with Crippen LogP contribution in [0.5, 0.6) is 0 Å². The second-order valence-electron chi connectivity index (χ2n) is 9.85. The highest BCUT2D eigenvalue weighted by molar-refractivity contribution is 6.30. The molecular weight excluding hydrogens is 468 g/mol. The van der Waals surface area contributed by atoms with E-state index in [1.807, 2.05) is 31.2 Å². The van der Waals surface area contributed by atoms with Crippen molar-refractivity contribution in [1.29, 1.82) is 0 Å². The first-order chi connectivity index (χ1) is 17.5. The number of nitrogens with zero attached hydrogens (tertiary/aromatic N) is 5. The van der Waals surface area contributed by atoms with E-state index in [4.69, 9.17) is 11.6 Å². The van der Waals surface area contributed by atoms with E-state index in [0.717, 1.165) is 67.1 Å². The third-order valence-electron chi connectivity index (χ3n) is 7.45.